The van der Waals surface area contributed by atoms with E-state index in [1.807, 2.05) is 0 Å². The Hall–Kier alpha value is 0.440. The number of hydrogen-bond donors (Lipinski definition) is 0. The van der Waals surface area contributed by atoms with Gasteiger partial charge in [-0.3, -0.25) is 0 Å². The zero-order valence-corrected chi connectivity index (χ0v) is 12.1. The Kier molecular flexibility index (Phi) is 5.62. The third kappa shape index (κ3) is 3.45. The highest BCUT2D eigenvalue weighted by atomic mass is 79.9. The Balaban J connectivity index is 2.55. The maximum Gasteiger partial charge on any atom is 0.0100 e. The van der Waals surface area contributed by atoms with Crippen LogP contribution in [0.1, 0.15) is 52.9 Å². The lowest BCUT2D eigenvalue weighted by atomic mass is 9.87. The molecule has 0 saturated heterocycles. The molecule has 0 aromatic carbocycles. The lowest BCUT2D eigenvalue weighted by Gasteiger charge is -2.36. The molecular weight excluding hydrogens is 250 g/mol. The van der Waals surface area contributed by atoms with Gasteiger partial charge in [-0.05, 0) is 38.1 Å². The fourth-order valence-electron chi connectivity index (χ4n) is 2.73. The van der Waals surface area contributed by atoms with Gasteiger partial charge in [0.1, 0.15) is 0 Å². The second-order valence-corrected chi connectivity index (χ2v) is 5.72. The van der Waals surface area contributed by atoms with Gasteiger partial charge in [-0.25, -0.2) is 0 Å². The molecule has 0 radical (unpaired) electrons. The molecule has 0 aliphatic heterocycles. The topological polar surface area (TPSA) is 3.24 Å². The van der Waals surface area contributed by atoms with Crippen LogP contribution in [0.4, 0.5) is 0 Å². The van der Waals surface area contributed by atoms with Crippen LogP contribution >= 0.6 is 15.9 Å². The lowest BCUT2D eigenvalue weighted by molar-refractivity contribution is 0.136. The summed E-state index contributed by atoms with van der Waals surface area (Å²) in [6.45, 7) is 9.44. The Morgan fingerprint density at radius 1 is 1.27 bits per heavy atom. The quantitative estimate of drug-likeness (QED) is 0.661. The second-order valence-electron chi connectivity index (χ2n) is 5.16. The highest BCUT2D eigenvalue weighted by Crippen LogP contribution is 2.40. The smallest absolute Gasteiger partial charge is 0.0100 e. The molecule has 90 valence electrons. The van der Waals surface area contributed by atoms with Crippen molar-refractivity contribution in [2.24, 2.45) is 5.41 Å². The van der Waals surface area contributed by atoms with Crippen molar-refractivity contribution in [1.82, 2.24) is 4.90 Å². The van der Waals surface area contributed by atoms with Gasteiger partial charge in [-0.1, -0.05) is 42.6 Å². The summed E-state index contributed by atoms with van der Waals surface area (Å²) >= 11 is 3.74. The van der Waals surface area contributed by atoms with Crippen LogP contribution in [-0.4, -0.2) is 29.4 Å². The van der Waals surface area contributed by atoms with Crippen LogP contribution < -0.4 is 0 Å². The molecule has 0 heterocycles. The van der Waals surface area contributed by atoms with Crippen LogP contribution in [0.5, 0.6) is 0 Å². The predicted octanol–water partition coefficient (Wildman–Crippen LogP) is 4.06. The molecule has 1 unspecified atom stereocenters. The first-order chi connectivity index (χ1) is 7.17. The summed E-state index contributed by atoms with van der Waals surface area (Å²) in [5.74, 6) is 0. The van der Waals surface area contributed by atoms with Gasteiger partial charge in [0.15, 0.2) is 0 Å². The van der Waals surface area contributed by atoms with E-state index in [9.17, 15) is 0 Å². The van der Waals surface area contributed by atoms with E-state index in [4.69, 9.17) is 0 Å². The molecule has 0 N–H and O–H groups in total. The van der Waals surface area contributed by atoms with E-state index in [1.165, 1.54) is 50.5 Å². The molecule has 0 amide bonds. The number of nitrogens with zero attached hydrogens (tertiary/aromatic N) is 1. The molecule has 0 bridgehead atoms. The summed E-state index contributed by atoms with van der Waals surface area (Å²) < 4.78 is 0. The molecule has 1 aliphatic carbocycles. The molecule has 0 spiro atoms. The van der Waals surface area contributed by atoms with Gasteiger partial charge in [-0.2, -0.15) is 0 Å². The van der Waals surface area contributed by atoms with E-state index in [2.05, 4.69) is 41.6 Å². The van der Waals surface area contributed by atoms with Crippen molar-refractivity contribution >= 4 is 15.9 Å². The number of alkyl halides is 1. The number of hydrogen-bond acceptors (Lipinski definition) is 1. The van der Waals surface area contributed by atoms with E-state index in [1.54, 1.807) is 0 Å². The highest BCUT2D eigenvalue weighted by Gasteiger charge is 2.34. The van der Waals surface area contributed by atoms with Gasteiger partial charge in [0.25, 0.3) is 0 Å². The summed E-state index contributed by atoms with van der Waals surface area (Å²) in [6, 6.07) is 0.742. The normalized spacial score (nSPS) is 22.2. The van der Waals surface area contributed by atoms with Gasteiger partial charge in [0.05, 0.1) is 0 Å². The minimum absolute atomic E-state index is 0.583. The monoisotopic (exact) mass is 275 g/mol. The SMILES string of the molecule is CCC(C)N(CC)CC1(CBr)CCCC1. The van der Waals surface area contributed by atoms with Crippen LogP contribution in [0.25, 0.3) is 0 Å². The van der Waals surface area contributed by atoms with E-state index < -0.39 is 0 Å². The van der Waals surface area contributed by atoms with Gasteiger partial charge in [-0.15, -0.1) is 0 Å². The van der Waals surface area contributed by atoms with Crippen molar-refractivity contribution in [3.63, 3.8) is 0 Å². The molecule has 15 heavy (non-hydrogen) atoms. The van der Waals surface area contributed by atoms with Crippen LogP contribution in [0.2, 0.25) is 0 Å². The zero-order valence-electron chi connectivity index (χ0n) is 10.6. The van der Waals surface area contributed by atoms with Gasteiger partial charge in [0.2, 0.25) is 0 Å². The maximum absolute atomic E-state index is 3.74. The Morgan fingerprint density at radius 3 is 2.27 bits per heavy atom. The summed E-state index contributed by atoms with van der Waals surface area (Å²) in [5.41, 5.74) is 0.583. The number of rotatable bonds is 6. The Labute approximate surface area is 104 Å². The first kappa shape index (κ1) is 13.5. The standard InChI is InChI=1S/C13H26BrN/c1-4-12(3)15(5-2)11-13(10-14)8-6-7-9-13/h12H,4-11H2,1-3H3. The minimum atomic E-state index is 0.583. The summed E-state index contributed by atoms with van der Waals surface area (Å²) in [5, 5.41) is 1.19. The van der Waals surface area contributed by atoms with E-state index in [0.717, 1.165) is 6.04 Å². The molecule has 0 aromatic rings. The van der Waals surface area contributed by atoms with E-state index in [-0.39, 0.29) is 0 Å². The van der Waals surface area contributed by atoms with Gasteiger partial charge in [0, 0.05) is 17.9 Å². The molecule has 1 nitrogen and oxygen atoms in total. The van der Waals surface area contributed by atoms with Crippen LogP contribution in [0, 0.1) is 5.41 Å². The molecular formula is C13H26BrN. The van der Waals surface area contributed by atoms with Crippen LogP contribution in [-0.2, 0) is 0 Å². The third-order valence-corrected chi connectivity index (χ3v) is 5.30. The lowest BCUT2D eigenvalue weighted by Crippen LogP contribution is -2.42. The van der Waals surface area contributed by atoms with E-state index in [0.29, 0.717) is 5.41 Å². The zero-order chi connectivity index (χ0) is 11.3. The Bertz CT molecular complexity index is 175. The highest BCUT2D eigenvalue weighted by molar-refractivity contribution is 9.09. The molecule has 1 aliphatic rings. The molecule has 1 atom stereocenters. The molecule has 0 aromatic heterocycles. The summed E-state index contributed by atoms with van der Waals surface area (Å²) in [6.07, 6.45) is 6.98. The van der Waals surface area contributed by atoms with Crippen molar-refractivity contribution in [3.05, 3.63) is 0 Å². The van der Waals surface area contributed by atoms with Crippen LogP contribution in [0.3, 0.4) is 0 Å². The molecule has 1 saturated carbocycles. The van der Waals surface area contributed by atoms with Crippen molar-refractivity contribution in [2.45, 2.75) is 58.9 Å². The van der Waals surface area contributed by atoms with Gasteiger partial charge >= 0.3 is 0 Å². The van der Waals surface area contributed by atoms with Crippen molar-refractivity contribution in [3.8, 4) is 0 Å². The molecule has 2 heteroatoms. The van der Waals surface area contributed by atoms with Crippen molar-refractivity contribution in [1.29, 1.82) is 0 Å². The predicted molar refractivity (Wildman–Crippen MR) is 71.7 cm³/mol. The van der Waals surface area contributed by atoms with E-state index >= 15 is 0 Å². The van der Waals surface area contributed by atoms with Crippen molar-refractivity contribution in [2.75, 3.05) is 18.4 Å². The Morgan fingerprint density at radius 2 is 1.87 bits per heavy atom. The fourth-order valence-corrected chi connectivity index (χ4v) is 3.47. The largest absolute Gasteiger partial charge is 0.300 e. The minimum Gasteiger partial charge on any atom is -0.300 e. The average Bonchev–Trinajstić information content (AvgIpc) is 2.74. The first-order valence-corrected chi connectivity index (χ1v) is 7.59. The maximum atomic E-state index is 3.74. The number of halogens is 1. The van der Waals surface area contributed by atoms with Gasteiger partial charge < -0.3 is 4.90 Å². The van der Waals surface area contributed by atoms with Crippen LogP contribution in [0.15, 0.2) is 0 Å². The third-order valence-electron chi connectivity index (χ3n) is 4.11. The second kappa shape index (κ2) is 6.24. The first-order valence-electron chi connectivity index (χ1n) is 6.47. The summed E-state index contributed by atoms with van der Waals surface area (Å²) in [7, 11) is 0. The average molecular weight is 276 g/mol. The fraction of sp³-hybridized carbons (Fsp3) is 1.00. The molecule has 1 fully saturated rings. The molecule has 1 rings (SSSR count). The summed E-state index contributed by atoms with van der Waals surface area (Å²) in [4.78, 5) is 2.66. The van der Waals surface area contributed by atoms with Crippen molar-refractivity contribution < 1.29 is 0 Å².